The predicted molar refractivity (Wildman–Crippen MR) is 65.7 cm³/mol. The Labute approximate surface area is 108 Å². The van der Waals surface area contributed by atoms with Crippen LogP contribution in [-0.2, 0) is 11.2 Å². The molecule has 0 saturated heterocycles. The van der Waals surface area contributed by atoms with E-state index in [2.05, 4.69) is 9.97 Å². The number of rotatable bonds is 4. The lowest BCUT2D eigenvalue weighted by Crippen LogP contribution is -2.20. The third kappa shape index (κ3) is 3.07. The van der Waals surface area contributed by atoms with Crippen LogP contribution in [0.5, 0.6) is 0 Å². The van der Waals surface area contributed by atoms with Crippen molar-refractivity contribution in [3.63, 3.8) is 0 Å². The third-order valence-electron chi connectivity index (χ3n) is 2.83. The quantitative estimate of drug-likeness (QED) is 0.896. The normalized spacial score (nSPS) is 12.0. The first-order valence-corrected chi connectivity index (χ1v) is 5.82. The van der Waals surface area contributed by atoms with Crippen molar-refractivity contribution >= 4 is 17.0 Å². The van der Waals surface area contributed by atoms with Gasteiger partial charge in [0, 0.05) is 12.5 Å². The molecule has 2 aromatic rings. The van der Waals surface area contributed by atoms with E-state index in [1.165, 1.54) is 6.07 Å². The lowest BCUT2D eigenvalue weighted by atomic mass is 9.85. The number of nitrogens with zero attached hydrogens (tertiary/aromatic N) is 1. The number of hydrogen-bond donors (Lipinski definition) is 2. The molecule has 2 rings (SSSR count). The van der Waals surface area contributed by atoms with Crippen LogP contribution < -0.4 is 0 Å². The minimum atomic E-state index is -0.904. The van der Waals surface area contributed by atoms with Gasteiger partial charge >= 0.3 is 5.97 Å². The molecule has 0 spiro atoms. The zero-order valence-electron chi connectivity index (χ0n) is 10.6. The number of benzene rings is 1. The molecule has 6 heteroatoms. The number of H-pyrrole nitrogens is 1. The van der Waals surface area contributed by atoms with E-state index in [-0.39, 0.29) is 17.5 Å². The summed E-state index contributed by atoms with van der Waals surface area (Å²) in [4.78, 5) is 17.6. The van der Waals surface area contributed by atoms with Gasteiger partial charge in [-0.15, -0.1) is 0 Å². The molecule has 0 atom stereocenters. The summed E-state index contributed by atoms with van der Waals surface area (Å²) in [5.41, 5.74) is -0.171. The molecule has 0 aliphatic carbocycles. The molecular formula is C13H14F2N2O2. The maximum atomic E-state index is 13.5. The molecule has 0 aliphatic heterocycles. The molecule has 0 radical (unpaired) electrons. The first-order chi connectivity index (χ1) is 8.77. The standard InChI is InChI=1S/C13H14F2N2O2/c1-13(2,6-11(18)19)5-10-16-9-4-7(14)3-8(15)12(9)17-10/h3-4H,5-6H2,1-2H3,(H,16,17)(H,18,19). The fourth-order valence-corrected chi connectivity index (χ4v) is 2.10. The first kappa shape index (κ1) is 13.5. The molecule has 2 N–H and O–H groups in total. The molecule has 0 amide bonds. The van der Waals surface area contributed by atoms with E-state index >= 15 is 0 Å². The van der Waals surface area contributed by atoms with Gasteiger partial charge in [0.15, 0.2) is 5.82 Å². The van der Waals surface area contributed by atoms with Crippen LogP contribution in [-0.4, -0.2) is 21.0 Å². The largest absolute Gasteiger partial charge is 0.481 e. The number of aliphatic carboxylic acids is 1. The molecule has 102 valence electrons. The van der Waals surface area contributed by atoms with Crippen molar-refractivity contribution in [2.75, 3.05) is 0 Å². The fraction of sp³-hybridized carbons (Fsp3) is 0.385. The molecule has 0 saturated carbocycles. The van der Waals surface area contributed by atoms with E-state index in [4.69, 9.17) is 5.11 Å². The predicted octanol–water partition coefficient (Wildman–Crippen LogP) is 2.88. The second-order valence-corrected chi connectivity index (χ2v) is 5.38. The van der Waals surface area contributed by atoms with Gasteiger partial charge in [0.25, 0.3) is 0 Å². The van der Waals surface area contributed by atoms with Gasteiger partial charge in [-0.1, -0.05) is 13.8 Å². The number of carbonyl (C=O) groups is 1. The van der Waals surface area contributed by atoms with Crippen molar-refractivity contribution in [1.82, 2.24) is 9.97 Å². The first-order valence-electron chi connectivity index (χ1n) is 5.82. The van der Waals surface area contributed by atoms with E-state index in [0.29, 0.717) is 12.2 Å². The number of hydrogen-bond acceptors (Lipinski definition) is 2. The number of nitrogens with one attached hydrogen (secondary N) is 1. The molecule has 1 heterocycles. The number of aromatic amines is 1. The Morgan fingerprint density at radius 1 is 1.42 bits per heavy atom. The van der Waals surface area contributed by atoms with Crippen molar-refractivity contribution in [1.29, 1.82) is 0 Å². The summed E-state index contributed by atoms with van der Waals surface area (Å²) in [6.07, 6.45) is 0.315. The maximum Gasteiger partial charge on any atom is 0.303 e. The van der Waals surface area contributed by atoms with E-state index < -0.39 is 23.0 Å². The molecule has 0 fully saturated rings. The average molecular weight is 268 g/mol. The highest BCUT2D eigenvalue weighted by Gasteiger charge is 2.24. The van der Waals surface area contributed by atoms with E-state index in [1.807, 2.05) is 0 Å². The van der Waals surface area contributed by atoms with Crippen LogP contribution in [0.15, 0.2) is 12.1 Å². The highest BCUT2D eigenvalue weighted by molar-refractivity contribution is 5.75. The highest BCUT2D eigenvalue weighted by Crippen LogP contribution is 2.26. The zero-order valence-corrected chi connectivity index (χ0v) is 10.6. The van der Waals surface area contributed by atoms with Gasteiger partial charge in [-0.05, 0) is 11.5 Å². The SMILES string of the molecule is CC(C)(CC(=O)O)Cc1nc2c(F)cc(F)cc2[nH]1. The van der Waals surface area contributed by atoms with Crippen LogP contribution >= 0.6 is 0 Å². The monoisotopic (exact) mass is 268 g/mol. The fourth-order valence-electron chi connectivity index (χ4n) is 2.10. The molecule has 0 unspecified atom stereocenters. The van der Waals surface area contributed by atoms with Crippen LogP contribution in [0.3, 0.4) is 0 Å². The molecular weight excluding hydrogens is 254 g/mol. The van der Waals surface area contributed by atoms with Crippen molar-refractivity contribution in [2.45, 2.75) is 26.7 Å². The average Bonchev–Trinajstić information content (AvgIpc) is 2.56. The van der Waals surface area contributed by atoms with Crippen molar-refractivity contribution in [2.24, 2.45) is 5.41 Å². The number of imidazole rings is 1. The Kier molecular flexibility index (Phi) is 3.26. The smallest absolute Gasteiger partial charge is 0.303 e. The summed E-state index contributed by atoms with van der Waals surface area (Å²) in [5, 5.41) is 8.81. The summed E-state index contributed by atoms with van der Waals surface area (Å²) in [5.74, 6) is -1.86. The Morgan fingerprint density at radius 3 is 2.74 bits per heavy atom. The van der Waals surface area contributed by atoms with Crippen molar-refractivity contribution < 1.29 is 18.7 Å². The van der Waals surface area contributed by atoms with Crippen molar-refractivity contribution in [3.05, 3.63) is 29.6 Å². The molecule has 1 aromatic heterocycles. The second-order valence-electron chi connectivity index (χ2n) is 5.38. The van der Waals surface area contributed by atoms with Gasteiger partial charge in [-0.3, -0.25) is 4.79 Å². The minimum absolute atomic E-state index is 0.0269. The summed E-state index contributed by atoms with van der Waals surface area (Å²) >= 11 is 0. The second kappa shape index (κ2) is 4.60. The van der Waals surface area contributed by atoms with Crippen LogP contribution in [0.4, 0.5) is 8.78 Å². The van der Waals surface area contributed by atoms with Gasteiger partial charge in [0.2, 0.25) is 0 Å². The van der Waals surface area contributed by atoms with Gasteiger partial charge in [-0.25, -0.2) is 13.8 Å². The zero-order chi connectivity index (χ0) is 14.2. The highest BCUT2D eigenvalue weighted by atomic mass is 19.1. The Bertz CT molecular complexity index is 635. The number of halogens is 2. The molecule has 0 aliphatic rings. The number of carboxylic acids is 1. The lowest BCUT2D eigenvalue weighted by Gasteiger charge is -2.20. The topological polar surface area (TPSA) is 66.0 Å². The van der Waals surface area contributed by atoms with Crippen molar-refractivity contribution in [3.8, 4) is 0 Å². The van der Waals surface area contributed by atoms with Crippen LogP contribution in [0.2, 0.25) is 0 Å². The van der Waals surface area contributed by atoms with Gasteiger partial charge in [0.1, 0.15) is 17.2 Å². The maximum absolute atomic E-state index is 13.5. The molecule has 19 heavy (non-hydrogen) atoms. The summed E-state index contributed by atoms with van der Waals surface area (Å²) in [6, 6.07) is 1.94. The Balaban J connectivity index is 2.32. The van der Waals surface area contributed by atoms with Gasteiger partial charge in [0.05, 0.1) is 11.9 Å². The lowest BCUT2D eigenvalue weighted by molar-refractivity contribution is -0.139. The summed E-state index contributed by atoms with van der Waals surface area (Å²) in [7, 11) is 0. The van der Waals surface area contributed by atoms with Gasteiger partial charge < -0.3 is 10.1 Å². The molecule has 1 aromatic carbocycles. The molecule has 0 bridgehead atoms. The summed E-state index contributed by atoms with van der Waals surface area (Å²) in [6.45, 7) is 3.57. The van der Waals surface area contributed by atoms with Gasteiger partial charge in [-0.2, -0.15) is 0 Å². The number of fused-ring (bicyclic) bond motifs is 1. The molecule has 4 nitrogen and oxygen atoms in total. The summed E-state index contributed by atoms with van der Waals surface area (Å²) < 4.78 is 26.5. The number of carboxylic acid groups (broad SMARTS) is 1. The number of aromatic nitrogens is 2. The van der Waals surface area contributed by atoms with Crippen LogP contribution in [0.25, 0.3) is 11.0 Å². The minimum Gasteiger partial charge on any atom is -0.481 e. The third-order valence-corrected chi connectivity index (χ3v) is 2.83. The van der Waals surface area contributed by atoms with Crippen LogP contribution in [0, 0.1) is 17.0 Å². The van der Waals surface area contributed by atoms with E-state index in [0.717, 1.165) is 6.07 Å². The Hall–Kier alpha value is -1.98. The van der Waals surface area contributed by atoms with Crippen LogP contribution in [0.1, 0.15) is 26.1 Å². The Morgan fingerprint density at radius 2 is 2.11 bits per heavy atom. The van der Waals surface area contributed by atoms with E-state index in [9.17, 15) is 13.6 Å². The van der Waals surface area contributed by atoms with E-state index in [1.54, 1.807) is 13.8 Å².